The molecular formula is C9H20O3S. The van der Waals surface area contributed by atoms with Crippen LogP contribution in [0, 0.1) is 0 Å². The molecule has 2 atom stereocenters. The summed E-state index contributed by atoms with van der Waals surface area (Å²) in [4.78, 5) is 0. The Morgan fingerprint density at radius 1 is 1.46 bits per heavy atom. The minimum atomic E-state index is -0.383. The zero-order valence-electron chi connectivity index (χ0n) is 8.40. The Morgan fingerprint density at radius 3 is 2.69 bits per heavy atom. The molecule has 2 unspecified atom stereocenters. The molecule has 80 valence electrons. The van der Waals surface area contributed by atoms with Gasteiger partial charge in [0.15, 0.2) is 0 Å². The largest absolute Gasteiger partial charge is 0.396 e. The average Bonchev–Trinajstić information content (AvgIpc) is 2.12. The van der Waals surface area contributed by atoms with E-state index in [-0.39, 0.29) is 12.7 Å². The second-order valence-corrected chi connectivity index (χ2v) is 4.44. The van der Waals surface area contributed by atoms with Crippen molar-refractivity contribution in [2.45, 2.75) is 31.6 Å². The summed E-state index contributed by atoms with van der Waals surface area (Å²) in [6.45, 7) is 5.24. The van der Waals surface area contributed by atoms with E-state index in [1.54, 1.807) is 11.8 Å². The lowest BCUT2D eigenvalue weighted by Gasteiger charge is -2.13. The lowest BCUT2D eigenvalue weighted by Crippen LogP contribution is -2.19. The van der Waals surface area contributed by atoms with Crippen molar-refractivity contribution >= 4 is 11.8 Å². The number of aliphatic hydroxyl groups excluding tert-OH is 2. The molecule has 0 saturated carbocycles. The van der Waals surface area contributed by atoms with Crippen molar-refractivity contribution in [3.8, 4) is 0 Å². The van der Waals surface area contributed by atoms with Crippen LogP contribution in [0.15, 0.2) is 0 Å². The highest BCUT2D eigenvalue weighted by atomic mass is 32.2. The van der Waals surface area contributed by atoms with Crippen LogP contribution in [0.2, 0.25) is 0 Å². The van der Waals surface area contributed by atoms with Crippen LogP contribution >= 0.6 is 11.8 Å². The number of aliphatic hydroxyl groups is 2. The van der Waals surface area contributed by atoms with Gasteiger partial charge in [-0.1, -0.05) is 6.92 Å². The molecule has 0 aromatic carbocycles. The number of hydrogen-bond donors (Lipinski definition) is 2. The van der Waals surface area contributed by atoms with E-state index < -0.39 is 0 Å². The fourth-order valence-corrected chi connectivity index (χ4v) is 1.76. The lowest BCUT2D eigenvalue weighted by molar-refractivity contribution is 0.0550. The number of hydrogen-bond acceptors (Lipinski definition) is 4. The fourth-order valence-electron chi connectivity index (χ4n) is 0.842. The maximum atomic E-state index is 9.39. The number of thioether (sulfide) groups is 1. The van der Waals surface area contributed by atoms with E-state index in [4.69, 9.17) is 9.84 Å². The van der Waals surface area contributed by atoms with E-state index in [1.165, 1.54) is 0 Å². The average molecular weight is 208 g/mol. The van der Waals surface area contributed by atoms with Gasteiger partial charge in [-0.15, -0.1) is 0 Å². The minimum Gasteiger partial charge on any atom is -0.396 e. The first-order valence-electron chi connectivity index (χ1n) is 4.69. The highest BCUT2D eigenvalue weighted by Crippen LogP contribution is 2.14. The molecule has 0 rings (SSSR count). The van der Waals surface area contributed by atoms with Crippen LogP contribution in [0.4, 0.5) is 0 Å². The van der Waals surface area contributed by atoms with E-state index in [2.05, 4.69) is 0 Å². The second kappa shape index (κ2) is 8.81. The molecule has 2 N–H and O–H groups in total. The van der Waals surface area contributed by atoms with Crippen LogP contribution in [0.3, 0.4) is 0 Å². The first-order valence-corrected chi connectivity index (χ1v) is 5.73. The predicted octanol–water partition coefficient (Wildman–Crippen LogP) is 0.888. The van der Waals surface area contributed by atoms with Crippen molar-refractivity contribution in [3.63, 3.8) is 0 Å². The van der Waals surface area contributed by atoms with Gasteiger partial charge in [-0.05, 0) is 13.3 Å². The van der Waals surface area contributed by atoms with Crippen molar-refractivity contribution in [2.75, 3.05) is 25.6 Å². The zero-order chi connectivity index (χ0) is 10.1. The van der Waals surface area contributed by atoms with Gasteiger partial charge in [-0.25, -0.2) is 0 Å². The maximum Gasteiger partial charge on any atom is 0.0863 e. The molecule has 13 heavy (non-hydrogen) atoms. The third-order valence-electron chi connectivity index (χ3n) is 1.62. The molecule has 0 bridgehead atoms. The van der Waals surface area contributed by atoms with Crippen LogP contribution < -0.4 is 0 Å². The summed E-state index contributed by atoms with van der Waals surface area (Å²) in [6, 6.07) is 0. The Kier molecular flexibility index (Phi) is 8.97. The van der Waals surface area contributed by atoms with Crippen LogP contribution in [-0.4, -0.2) is 47.1 Å². The summed E-state index contributed by atoms with van der Waals surface area (Å²) in [5, 5.41) is 18.4. The van der Waals surface area contributed by atoms with Crippen molar-refractivity contribution in [3.05, 3.63) is 0 Å². The Balaban J connectivity index is 3.29. The Labute approximate surface area is 84.5 Å². The van der Waals surface area contributed by atoms with Gasteiger partial charge in [0, 0.05) is 24.2 Å². The molecule has 0 aromatic heterocycles. The summed E-state index contributed by atoms with van der Waals surface area (Å²) in [7, 11) is 0. The third-order valence-corrected chi connectivity index (χ3v) is 3.01. The van der Waals surface area contributed by atoms with Crippen LogP contribution in [0.5, 0.6) is 0 Å². The lowest BCUT2D eigenvalue weighted by atomic mass is 10.3. The Hall–Kier alpha value is 0.230. The maximum absolute atomic E-state index is 9.39. The van der Waals surface area contributed by atoms with E-state index in [0.29, 0.717) is 24.2 Å². The molecule has 4 heteroatoms. The van der Waals surface area contributed by atoms with E-state index in [1.807, 2.05) is 13.8 Å². The molecule has 0 aliphatic carbocycles. The third kappa shape index (κ3) is 8.56. The zero-order valence-corrected chi connectivity index (χ0v) is 9.22. The van der Waals surface area contributed by atoms with Crippen molar-refractivity contribution < 1.29 is 14.9 Å². The van der Waals surface area contributed by atoms with Crippen LogP contribution in [0.25, 0.3) is 0 Å². The van der Waals surface area contributed by atoms with E-state index in [0.717, 1.165) is 6.42 Å². The summed E-state index contributed by atoms with van der Waals surface area (Å²) >= 11 is 1.67. The van der Waals surface area contributed by atoms with Gasteiger partial charge in [0.1, 0.15) is 0 Å². The van der Waals surface area contributed by atoms with Gasteiger partial charge in [0.2, 0.25) is 0 Å². The van der Waals surface area contributed by atoms with Crippen LogP contribution in [0.1, 0.15) is 20.3 Å². The number of ether oxygens (including phenoxy) is 1. The Morgan fingerprint density at radius 2 is 2.15 bits per heavy atom. The standard InChI is InChI=1S/C9H20O3S/c1-3-12-6-9(11)7-13-8(2)4-5-10/h8-11H,3-7H2,1-2H3. The number of rotatable bonds is 8. The minimum absolute atomic E-state index is 0.218. The van der Waals surface area contributed by atoms with Gasteiger partial charge in [-0.3, -0.25) is 0 Å². The summed E-state index contributed by atoms with van der Waals surface area (Å²) in [6.07, 6.45) is 0.401. The van der Waals surface area contributed by atoms with Gasteiger partial charge >= 0.3 is 0 Å². The SMILES string of the molecule is CCOCC(O)CSC(C)CCO. The topological polar surface area (TPSA) is 49.7 Å². The summed E-state index contributed by atoms with van der Waals surface area (Å²) < 4.78 is 5.07. The van der Waals surface area contributed by atoms with Crippen molar-refractivity contribution in [1.82, 2.24) is 0 Å². The van der Waals surface area contributed by atoms with E-state index >= 15 is 0 Å². The second-order valence-electron chi connectivity index (χ2n) is 2.97. The first kappa shape index (κ1) is 13.2. The smallest absolute Gasteiger partial charge is 0.0863 e. The van der Waals surface area contributed by atoms with Gasteiger partial charge in [0.05, 0.1) is 12.7 Å². The van der Waals surface area contributed by atoms with Crippen LogP contribution in [-0.2, 0) is 4.74 Å². The molecule has 0 aliphatic heterocycles. The fraction of sp³-hybridized carbons (Fsp3) is 1.00. The monoisotopic (exact) mass is 208 g/mol. The van der Waals surface area contributed by atoms with Gasteiger partial charge in [0.25, 0.3) is 0 Å². The van der Waals surface area contributed by atoms with Gasteiger partial charge in [-0.2, -0.15) is 11.8 Å². The summed E-state index contributed by atoms with van der Waals surface area (Å²) in [5.74, 6) is 0.682. The highest BCUT2D eigenvalue weighted by Gasteiger charge is 2.07. The molecule has 3 nitrogen and oxygen atoms in total. The van der Waals surface area contributed by atoms with E-state index in [9.17, 15) is 5.11 Å². The van der Waals surface area contributed by atoms with Crippen molar-refractivity contribution in [2.24, 2.45) is 0 Å². The van der Waals surface area contributed by atoms with Gasteiger partial charge < -0.3 is 14.9 Å². The molecular weight excluding hydrogens is 188 g/mol. The molecule has 0 fully saturated rings. The molecule has 0 aliphatic rings. The molecule has 0 aromatic rings. The first-order chi connectivity index (χ1) is 6.20. The molecule has 0 spiro atoms. The predicted molar refractivity (Wildman–Crippen MR) is 56.1 cm³/mol. The quantitative estimate of drug-likeness (QED) is 0.622. The molecule has 0 heterocycles. The Bertz CT molecular complexity index is 111. The normalized spacial score (nSPS) is 15.7. The summed E-state index contributed by atoms with van der Waals surface area (Å²) in [5.41, 5.74) is 0. The molecule has 0 amide bonds. The highest BCUT2D eigenvalue weighted by molar-refractivity contribution is 7.99. The molecule has 0 saturated heterocycles. The van der Waals surface area contributed by atoms with Crippen molar-refractivity contribution in [1.29, 1.82) is 0 Å². The molecule has 0 radical (unpaired) electrons.